The number of rotatable bonds is 7. The van der Waals surface area contributed by atoms with Gasteiger partial charge in [-0.15, -0.1) is 0 Å². The van der Waals surface area contributed by atoms with Gasteiger partial charge in [-0.25, -0.2) is 9.48 Å². The SMILES string of the molecule is COc1cc(-n2nc3c(c2N)c(=O)[nH]c2cc(OC(C)C(=O)O)ccc23)c(C)cc1Oc1ccccc1. The van der Waals surface area contributed by atoms with E-state index in [-0.39, 0.29) is 11.2 Å². The van der Waals surface area contributed by atoms with E-state index >= 15 is 0 Å². The molecule has 0 bridgehead atoms. The number of fused-ring (bicyclic) bond motifs is 3. The Morgan fingerprint density at radius 1 is 1.08 bits per heavy atom. The van der Waals surface area contributed by atoms with Gasteiger partial charge in [-0.05, 0) is 49.7 Å². The molecule has 10 heteroatoms. The van der Waals surface area contributed by atoms with E-state index in [9.17, 15) is 9.59 Å². The lowest BCUT2D eigenvalue weighted by atomic mass is 10.1. The second-order valence-corrected chi connectivity index (χ2v) is 8.49. The second kappa shape index (κ2) is 9.23. The summed E-state index contributed by atoms with van der Waals surface area (Å²) in [5.41, 5.74) is 8.26. The Morgan fingerprint density at radius 2 is 1.84 bits per heavy atom. The topological polar surface area (TPSA) is 142 Å². The normalized spacial score (nSPS) is 12.0. The number of aromatic nitrogens is 3. The highest BCUT2D eigenvalue weighted by Gasteiger charge is 2.20. The number of hydrogen-bond donors (Lipinski definition) is 3. The smallest absolute Gasteiger partial charge is 0.344 e. The first kappa shape index (κ1) is 23.7. The third-order valence-corrected chi connectivity index (χ3v) is 5.98. The number of nitrogens with two attached hydrogens (primary N) is 1. The van der Waals surface area contributed by atoms with Crippen LogP contribution in [0.25, 0.3) is 27.5 Å². The highest BCUT2D eigenvalue weighted by atomic mass is 16.5. The van der Waals surface area contributed by atoms with Gasteiger partial charge in [-0.1, -0.05) is 18.2 Å². The molecule has 0 fully saturated rings. The number of H-pyrrole nitrogens is 1. The summed E-state index contributed by atoms with van der Waals surface area (Å²) in [6.07, 6.45) is -1.05. The van der Waals surface area contributed by atoms with E-state index in [4.69, 9.17) is 25.1 Å². The van der Waals surface area contributed by atoms with Crippen LogP contribution in [0.1, 0.15) is 12.5 Å². The number of nitrogen functional groups attached to an aromatic ring is 1. The molecule has 188 valence electrons. The maximum atomic E-state index is 13.0. The minimum absolute atomic E-state index is 0.167. The molecule has 10 nitrogen and oxygen atoms in total. The van der Waals surface area contributed by atoms with E-state index < -0.39 is 17.6 Å². The minimum Gasteiger partial charge on any atom is -0.493 e. The molecule has 3 aromatic carbocycles. The van der Waals surface area contributed by atoms with Gasteiger partial charge in [0.15, 0.2) is 17.6 Å². The molecule has 2 aromatic heterocycles. The van der Waals surface area contributed by atoms with E-state index in [2.05, 4.69) is 10.1 Å². The van der Waals surface area contributed by atoms with Crippen molar-refractivity contribution in [1.82, 2.24) is 14.8 Å². The van der Waals surface area contributed by atoms with Gasteiger partial charge >= 0.3 is 5.97 Å². The van der Waals surface area contributed by atoms with Crippen LogP contribution in [0.2, 0.25) is 0 Å². The summed E-state index contributed by atoms with van der Waals surface area (Å²) in [7, 11) is 1.54. The molecule has 0 saturated carbocycles. The van der Waals surface area contributed by atoms with E-state index in [1.54, 1.807) is 31.4 Å². The summed E-state index contributed by atoms with van der Waals surface area (Å²) >= 11 is 0. The standard InChI is InChI=1S/C27H24N4O6/c1-14-11-22(37-16-7-5-4-6-8-16)21(35-3)13-20(14)31-25(28)23-24(30-31)18-10-9-17(36-15(2)27(33)34)12-19(18)29-26(23)32/h4-13,15H,28H2,1-3H3,(H,29,32)(H,33,34). The van der Waals surface area contributed by atoms with Crippen molar-refractivity contribution in [1.29, 1.82) is 0 Å². The molecule has 0 aliphatic heterocycles. The maximum Gasteiger partial charge on any atom is 0.344 e. The average molecular weight is 501 g/mol. The number of aliphatic carboxylic acids is 1. The predicted octanol–water partition coefficient (Wildman–Crippen LogP) is 4.41. The number of nitrogens with one attached hydrogen (secondary N) is 1. The number of methoxy groups -OCH3 is 1. The van der Waals surface area contributed by atoms with E-state index in [0.717, 1.165) is 5.56 Å². The van der Waals surface area contributed by atoms with Crippen LogP contribution in [-0.2, 0) is 4.79 Å². The Morgan fingerprint density at radius 3 is 2.54 bits per heavy atom. The molecule has 37 heavy (non-hydrogen) atoms. The summed E-state index contributed by atoms with van der Waals surface area (Å²) < 4.78 is 18.5. The number of carboxylic acid groups (broad SMARTS) is 1. The molecule has 0 aliphatic rings. The highest BCUT2D eigenvalue weighted by Crippen LogP contribution is 2.37. The van der Waals surface area contributed by atoms with Gasteiger partial charge in [-0.2, -0.15) is 5.10 Å². The van der Waals surface area contributed by atoms with Gasteiger partial charge < -0.3 is 30.0 Å². The lowest BCUT2D eigenvalue weighted by Gasteiger charge is -2.15. The largest absolute Gasteiger partial charge is 0.493 e. The van der Waals surface area contributed by atoms with Gasteiger partial charge in [0.05, 0.1) is 18.3 Å². The van der Waals surface area contributed by atoms with Crippen LogP contribution < -0.4 is 25.5 Å². The Hall–Kier alpha value is -4.99. The van der Waals surface area contributed by atoms with E-state index in [0.29, 0.717) is 45.1 Å². The number of anilines is 1. The first-order chi connectivity index (χ1) is 17.8. The van der Waals surface area contributed by atoms with Crippen molar-refractivity contribution in [2.75, 3.05) is 12.8 Å². The number of carbonyl (C=O) groups is 1. The van der Waals surface area contributed by atoms with Crippen molar-refractivity contribution in [2.24, 2.45) is 0 Å². The molecule has 4 N–H and O–H groups in total. The fourth-order valence-electron chi connectivity index (χ4n) is 4.11. The molecule has 0 amide bonds. The van der Waals surface area contributed by atoms with Crippen LogP contribution >= 0.6 is 0 Å². The number of para-hydroxylation sites is 1. The Balaban J connectivity index is 1.62. The average Bonchev–Trinajstić information content (AvgIpc) is 3.22. The molecule has 0 spiro atoms. The molecule has 5 aromatic rings. The zero-order chi connectivity index (χ0) is 26.3. The molecule has 0 radical (unpaired) electrons. The van der Waals surface area contributed by atoms with Crippen molar-refractivity contribution < 1.29 is 24.1 Å². The molecule has 5 rings (SSSR count). The number of aromatic amines is 1. The van der Waals surface area contributed by atoms with Gasteiger partial charge in [0.1, 0.15) is 28.2 Å². The van der Waals surface area contributed by atoms with Crippen molar-refractivity contribution >= 4 is 33.6 Å². The molecule has 0 aliphatic carbocycles. The van der Waals surface area contributed by atoms with E-state index in [1.165, 1.54) is 11.6 Å². The zero-order valence-corrected chi connectivity index (χ0v) is 20.3. The van der Waals surface area contributed by atoms with Crippen LogP contribution in [-0.4, -0.2) is 39.1 Å². The Kier molecular flexibility index (Phi) is 5.92. The first-order valence-electron chi connectivity index (χ1n) is 11.4. The molecule has 2 heterocycles. The molecule has 1 atom stereocenters. The molecular formula is C27H24N4O6. The first-order valence-corrected chi connectivity index (χ1v) is 11.4. The van der Waals surface area contributed by atoms with Gasteiger partial charge in [0.25, 0.3) is 5.56 Å². The monoisotopic (exact) mass is 500 g/mol. The number of benzene rings is 3. The number of pyridine rings is 1. The Bertz CT molecular complexity index is 1710. The summed E-state index contributed by atoms with van der Waals surface area (Å²) in [6, 6.07) is 17.8. The third-order valence-electron chi connectivity index (χ3n) is 5.98. The van der Waals surface area contributed by atoms with Gasteiger partial charge in [0, 0.05) is 17.5 Å². The quantitative estimate of drug-likeness (QED) is 0.298. The highest BCUT2D eigenvalue weighted by molar-refractivity contribution is 6.07. The van der Waals surface area contributed by atoms with Gasteiger partial charge in [0.2, 0.25) is 0 Å². The summed E-state index contributed by atoms with van der Waals surface area (Å²) in [6.45, 7) is 3.31. The van der Waals surface area contributed by atoms with E-state index in [1.807, 2.05) is 43.3 Å². The van der Waals surface area contributed by atoms with Crippen molar-refractivity contribution in [3.05, 3.63) is 76.6 Å². The molecule has 1 unspecified atom stereocenters. The molecule has 0 saturated heterocycles. The lowest BCUT2D eigenvalue weighted by molar-refractivity contribution is -0.144. The summed E-state index contributed by atoms with van der Waals surface area (Å²) in [4.78, 5) is 26.9. The fourth-order valence-corrected chi connectivity index (χ4v) is 4.11. The second-order valence-electron chi connectivity index (χ2n) is 8.49. The van der Waals surface area contributed by atoms with Crippen LogP contribution in [0.5, 0.6) is 23.0 Å². The van der Waals surface area contributed by atoms with Crippen LogP contribution in [0.15, 0.2) is 65.5 Å². The summed E-state index contributed by atoms with van der Waals surface area (Å²) in [5.74, 6) is 1.03. The number of aryl methyl sites for hydroxylation is 1. The lowest BCUT2D eigenvalue weighted by Crippen LogP contribution is -2.22. The maximum absolute atomic E-state index is 13.0. The summed E-state index contributed by atoms with van der Waals surface area (Å²) in [5, 5.41) is 14.7. The number of nitrogens with zero attached hydrogens (tertiary/aromatic N) is 2. The van der Waals surface area contributed by atoms with Crippen molar-refractivity contribution in [3.8, 4) is 28.7 Å². The minimum atomic E-state index is -1.10. The van der Waals surface area contributed by atoms with Crippen LogP contribution in [0.4, 0.5) is 5.82 Å². The number of ether oxygens (including phenoxy) is 3. The van der Waals surface area contributed by atoms with Crippen molar-refractivity contribution in [2.45, 2.75) is 20.0 Å². The predicted molar refractivity (Wildman–Crippen MR) is 139 cm³/mol. The molecular weight excluding hydrogens is 476 g/mol. The number of hydrogen-bond acceptors (Lipinski definition) is 7. The van der Waals surface area contributed by atoms with Gasteiger partial charge in [-0.3, -0.25) is 4.79 Å². The third kappa shape index (κ3) is 4.29. The van der Waals surface area contributed by atoms with Crippen LogP contribution in [0.3, 0.4) is 0 Å². The zero-order valence-electron chi connectivity index (χ0n) is 20.3. The fraction of sp³-hybridized carbons (Fsp3) is 0.148. The van der Waals surface area contributed by atoms with Crippen LogP contribution in [0, 0.1) is 6.92 Å². The number of carboxylic acids is 1. The Labute approximate surface area is 210 Å². The van der Waals surface area contributed by atoms with Crippen molar-refractivity contribution in [3.63, 3.8) is 0 Å².